The Morgan fingerprint density at radius 3 is 2.62 bits per heavy atom. The second-order valence-corrected chi connectivity index (χ2v) is 6.39. The second kappa shape index (κ2) is 6.32. The van der Waals surface area contributed by atoms with Gasteiger partial charge in [-0.2, -0.15) is 0 Å². The van der Waals surface area contributed by atoms with Gasteiger partial charge < -0.3 is 10.2 Å². The first-order valence-electron chi connectivity index (χ1n) is 7.62. The largest absolute Gasteiger partial charge is 0.335 e. The summed E-state index contributed by atoms with van der Waals surface area (Å²) in [7, 11) is 0. The fourth-order valence-corrected chi connectivity index (χ4v) is 3.22. The zero-order valence-corrected chi connectivity index (χ0v) is 12.7. The summed E-state index contributed by atoms with van der Waals surface area (Å²) in [5.41, 5.74) is 0.0278. The van der Waals surface area contributed by atoms with Crippen molar-refractivity contribution in [3.05, 3.63) is 34.6 Å². The maximum absolute atomic E-state index is 14.0. The Kier molecular flexibility index (Phi) is 4.45. The van der Waals surface area contributed by atoms with E-state index in [0.29, 0.717) is 5.92 Å². The molecule has 1 N–H and O–H groups in total. The molecule has 1 aliphatic carbocycles. The van der Waals surface area contributed by atoms with Gasteiger partial charge in [-0.1, -0.05) is 17.7 Å². The number of rotatable bonds is 4. The lowest BCUT2D eigenvalue weighted by Crippen LogP contribution is -2.41. The molecule has 0 radical (unpaired) electrons. The Labute approximate surface area is 129 Å². The summed E-state index contributed by atoms with van der Waals surface area (Å²) in [6, 6.07) is 4.67. The summed E-state index contributed by atoms with van der Waals surface area (Å²) < 4.78 is 14.0. The molecule has 3 rings (SSSR count). The number of nitrogens with zero attached hydrogens (tertiary/aromatic N) is 1. The van der Waals surface area contributed by atoms with Crippen LogP contribution in [0.15, 0.2) is 18.2 Å². The molecule has 2 fully saturated rings. The molecule has 2 aliphatic rings. The molecule has 0 aromatic heterocycles. The first-order chi connectivity index (χ1) is 10.2. The highest BCUT2D eigenvalue weighted by Gasteiger charge is 2.36. The van der Waals surface area contributed by atoms with E-state index in [-0.39, 0.29) is 22.5 Å². The summed E-state index contributed by atoms with van der Waals surface area (Å²) in [6.07, 6.45) is 4.18. The summed E-state index contributed by atoms with van der Waals surface area (Å²) in [6.45, 7) is 2.71. The van der Waals surface area contributed by atoms with E-state index in [9.17, 15) is 9.18 Å². The van der Waals surface area contributed by atoms with Gasteiger partial charge in [0.1, 0.15) is 5.82 Å². The minimum Gasteiger partial charge on any atom is -0.335 e. The van der Waals surface area contributed by atoms with Gasteiger partial charge in [-0.3, -0.25) is 4.79 Å². The van der Waals surface area contributed by atoms with Gasteiger partial charge >= 0.3 is 0 Å². The molecular formula is C16H20ClFN2O. The fraction of sp³-hybridized carbons (Fsp3) is 0.562. The van der Waals surface area contributed by atoms with E-state index < -0.39 is 5.82 Å². The zero-order valence-electron chi connectivity index (χ0n) is 11.9. The van der Waals surface area contributed by atoms with Crippen molar-refractivity contribution in [1.82, 2.24) is 10.2 Å². The maximum Gasteiger partial charge on any atom is 0.258 e. The van der Waals surface area contributed by atoms with Crippen molar-refractivity contribution in [2.24, 2.45) is 5.92 Å². The van der Waals surface area contributed by atoms with Gasteiger partial charge in [-0.15, -0.1) is 0 Å². The summed E-state index contributed by atoms with van der Waals surface area (Å²) in [5.74, 6) is -0.274. The van der Waals surface area contributed by atoms with Crippen LogP contribution < -0.4 is 5.32 Å². The third kappa shape index (κ3) is 3.38. The quantitative estimate of drug-likeness (QED) is 0.927. The molecule has 1 saturated heterocycles. The van der Waals surface area contributed by atoms with Crippen molar-refractivity contribution >= 4 is 17.5 Å². The number of benzene rings is 1. The Morgan fingerprint density at radius 2 is 2.00 bits per heavy atom. The van der Waals surface area contributed by atoms with Crippen molar-refractivity contribution < 1.29 is 9.18 Å². The molecule has 1 saturated carbocycles. The number of piperidine rings is 1. The first-order valence-corrected chi connectivity index (χ1v) is 8.00. The molecule has 21 heavy (non-hydrogen) atoms. The van der Waals surface area contributed by atoms with Gasteiger partial charge in [0.15, 0.2) is 0 Å². The molecule has 1 heterocycles. The van der Waals surface area contributed by atoms with Crippen LogP contribution in [0.2, 0.25) is 5.02 Å². The van der Waals surface area contributed by atoms with Crippen molar-refractivity contribution in [3.63, 3.8) is 0 Å². The molecule has 5 heteroatoms. The number of hydrogen-bond acceptors (Lipinski definition) is 2. The Hall–Kier alpha value is -1.13. The Bertz CT molecular complexity index is 507. The molecule has 1 aromatic carbocycles. The molecule has 0 unspecified atom stereocenters. The van der Waals surface area contributed by atoms with Crippen LogP contribution in [0.5, 0.6) is 0 Å². The van der Waals surface area contributed by atoms with Crippen molar-refractivity contribution in [1.29, 1.82) is 0 Å². The lowest BCUT2D eigenvalue weighted by molar-refractivity contribution is 0.0697. The summed E-state index contributed by atoms with van der Waals surface area (Å²) >= 11 is 6.04. The van der Waals surface area contributed by atoms with E-state index in [2.05, 4.69) is 5.32 Å². The number of halogens is 2. The fourth-order valence-electron chi connectivity index (χ4n) is 2.97. The minimum atomic E-state index is -0.525. The minimum absolute atomic E-state index is 0.0278. The highest BCUT2D eigenvalue weighted by atomic mass is 35.5. The second-order valence-electron chi connectivity index (χ2n) is 5.98. The lowest BCUT2D eigenvalue weighted by Gasteiger charge is -2.30. The molecule has 1 aliphatic heterocycles. The van der Waals surface area contributed by atoms with E-state index >= 15 is 0 Å². The van der Waals surface area contributed by atoms with E-state index in [0.717, 1.165) is 45.3 Å². The number of hydrogen-bond donors (Lipinski definition) is 1. The average Bonchev–Trinajstić information content (AvgIpc) is 3.30. The molecule has 0 bridgehead atoms. The van der Waals surface area contributed by atoms with E-state index in [1.165, 1.54) is 12.1 Å². The van der Waals surface area contributed by atoms with Gasteiger partial charge in [0, 0.05) is 12.6 Å². The molecule has 114 valence electrons. The summed E-state index contributed by atoms with van der Waals surface area (Å²) in [5, 5.41) is 3.53. The lowest BCUT2D eigenvalue weighted by atomic mass is 9.97. The van der Waals surface area contributed by atoms with Crippen LogP contribution in [0.1, 0.15) is 36.0 Å². The predicted molar refractivity (Wildman–Crippen MR) is 81.1 cm³/mol. The SMILES string of the molecule is O=C(c1c(F)cccc1Cl)N(CC1CCNCC1)C1CC1. The van der Waals surface area contributed by atoms with E-state index in [1.54, 1.807) is 6.07 Å². The van der Waals surface area contributed by atoms with Crippen LogP contribution in [-0.4, -0.2) is 36.5 Å². The molecule has 1 aromatic rings. The van der Waals surface area contributed by atoms with Crippen LogP contribution in [0.25, 0.3) is 0 Å². The van der Waals surface area contributed by atoms with E-state index in [4.69, 9.17) is 11.6 Å². The van der Waals surface area contributed by atoms with Crippen LogP contribution in [0.3, 0.4) is 0 Å². The van der Waals surface area contributed by atoms with Gasteiger partial charge in [0.25, 0.3) is 5.91 Å². The average molecular weight is 311 g/mol. The molecule has 3 nitrogen and oxygen atoms in total. The topological polar surface area (TPSA) is 32.3 Å². The Morgan fingerprint density at radius 1 is 1.29 bits per heavy atom. The van der Waals surface area contributed by atoms with Gasteiger partial charge in [0.05, 0.1) is 10.6 Å². The third-order valence-corrected chi connectivity index (χ3v) is 4.65. The standard InChI is InChI=1S/C16H20ClFN2O/c17-13-2-1-3-14(18)15(13)16(21)20(12-4-5-12)10-11-6-8-19-9-7-11/h1-3,11-12,19H,4-10H2. The molecular weight excluding hydrogens is 291 g/mol. The first kappa shape index (κ1) is 14.8. The number of nitrogens with one attached hydrogen (secondary N) is 1. The van der Waals surface area contributed by atoms with Gasteiger partial charge in [0.2, 0.25) is 0 Å². The third-order valence-electron chi connectivity index (χ3n) is 4.34. The van der Waals surface area contributed by atoms with E-state index in [1.807, 2.05) is 4.90 Å². The maximum atomic E-state index is 14.0. The highest BCUT2D eigenvalue weighted by molar-refractivity contribution is 6.33. The highest BCUT2D eigenvalue weighted by Crippen LogP contribution is 2.32. The predicted octanol–water partition coefficient (Wildman–Crippen LogP) is 3.08. The zero-order chi connectivity index (χ0) is 14.8. The van der Waals surface area contributed by atoms with Gasteiger partial charge in [-0.25, -0.2) is 4.39 Å². The molecule has 0 spiro atoms. The number of amides is 1. The Balaban J connectivity index is 1.78. The monoisotopic (exact) mass is 310 g/mol. The van der Waals surface area contributed by atoms with Crippen molar-refractivity contribution in [2.75, 3.05) is 19.6 Å². The number of carbonyl (C=O) groups is 1. The van der Waals surface area contributed by atoms with Crippen LogP contribution >= 0.6 is 11.6 Å². The van der Waals surface area contributed by atoms with Crippen molar-refractivity contribution in [3.8, 4) is 0 Å². The summed E-state index contributed by atoms with van der Waals surface area (Å²) in [4.78, 5) is 14.6. The van der Waals surface area contributed by atoms with Crippen LogP contribution in [0.4, 0.5) is 4.39 Å². The van der Waals surface area contributed by atoms with Gasteiger partial charge in [-0.05, 0) is 56.8 Å². The molecule has 0 atom stereocenters. The number of carbonyl (C=O) groups excluding carboxylic acids is 1. The normalized spacial score (nSPS) is 19.5. The van der Waals surface area contributed by atoms with Crippen LogP contribution in [0, 0.1) is 11.7 Å². The molecule has 1 amide bonds. The smallest absolute Gasteiger partial charge is 0.258 e. The van der Waals surface area contributed by atoms with Crippen molar-refractivity contribution in [2.45, 2.75) is 31.7 Å². The van der Waals surface area contributed by atoms with Crippen LogP contribution in [-0.2, 0) is 0 Å².